The Morgan fingerprint density at radius 2 is 2.07 bits per heavy atom. The topological polar surface area (TPSA) is 24.1 Å². The van der Waals surface area contributed by atoms with Crippen molar-refractivity contribution in [3.05, 3.63) is 0 Å². The first kappa shape index (κ1) is 10.4. The van der Waals surface area contributed by atoms with Crippen LogP contribution in [-0.4, -0.2) is 26.2 Å². The third-order valence-electron chi connectivity index (χ3n) is 4.09. The summed E-state index contributed by atoms with van der Waals surface area (Å²) in [6.07, 6.45) is 8.65. The smallest absolute Gasteiger partial charge is 0.00954 e. The van der Waals surface area contributed by atoms with Crippen LogP contribution in [-0.2, 0) is 0 Å². The molecule has 2 unspecified atom stereocenters. The van der Waals surface area contributed by atoms with E-state index in [1.165, 1.54) is 51.6 Å². The molecule has 14 heavy (non-hydrogen) atoms. The molecule has 2 rings (SSSR count). The minimum Gasteiger partial charge on any atom is -0.317 e. The van der Waals surface area contributed by atoms with Crippen molar-refractivity contribution in [2.24, 2.45) is 11.8 Å². The van der Waals surface area contributed by atoms with E-state index >= 15 is 0 Å². The second-order valence-electron chi connectivity index (χ2n) is 5.03. The molecule has 1 saturated heterocycles. The number of rotatable bonds is 4. The van der Waals surface area contributed by atoms with Crippen molar-refractivity contribution in [3.63, 3.8) is 0 Å². The van der Waals surface area contributed by atoms with Crippen molar-refractivity contribution in [2.45, 2.75) is 44.6 Å². The average molecular weight is 196 g/mol. The molecule has 0 aromatic heterocycles. The predicted octanol–water partition coefficient (Wildman–Crippen LogP) is 1.76. The molecular formula is C12H24N2. The SMILES string of the molecule is CNC(CC1CCNC1)C1CCCC1. The molecular weight excluding hydrogens is 172 g/mol. The lowest BCUT2D eigenvalue weighted by Gasteiger charge is -2.25. The van der Waals surface area contributed by atoms with Crippen molar-refractivity contribution >= 4 is 0 Å². The summed E-state index contributed by atoms with van der Waals surface area (Å²) < 4.78 is 0. The molecule has 0 aromatic rings. The van der Waals surface area contributed by atoms with Gasteiger partial charge < -0.3 is 10.6 Å². The Labute approximate surface area is 87.8 Å². The second-order valence-corrected chi connectivity index (χ2v) is 5.03. The molecule has 2 N–H and O–H groups in total. The Hall–Kier alpha value is -0.0800. The normalized spacial score (nSPS) is 31.1. The van der Waals surface area contributed by atoms with E-state index in [0.717, 1.165) is 17.9 Å². The summed E-state index contributed by atoms with van der Waals surface area (Å²) in [5, 5.41) is 7.01. The van der Waals surface area contributed by atoms with Crippen LogP contribution >= 0.6 is 0 Å². The maximum absolute atomic E-state index is 3.54. The Morgan fingerprint density at radius 3 is 2.64 bits per heavy atom. The summed E-state index contributed by atoms with van der Waals surface area (Å²) in [5.41, 5.74) is 0. The van der Waals surface area contributed by atoms with Gasteiger partial charge in [0.2, 0.25) is 0 Å². The molecule has 2 nitrogen and oxygen atoms in total. The van der Waals surface area contributed by atoms with Gasteiger partial charge in [-0.25, -0.2) is 0 Å². The minimum atomic E-state index is 0.794. The van der Waals surface area contributed by atoms with Gasteiger partial charge in [-0.2, -0.15) is 0 Å². The first-order valence-corrected chi connectivity index (χ1v) is 6.28. The highest BCUT2D eigenvalue weighted by atomic mass is 14.9. The highest BCUT2D eigenvalue weighted by molar-refractivity contribution is 4.84. The zero-order chi connectivity index (χ0) is 9.80. The van der Waals surface area contributed by atoms with Gasteiger partial charge in [0.1, 0.15) is 0 Å². The van der Waals surface area contributed by atoms with Crippen LogP contribution in [0.3, 0.4) is 0 Å². The molecule has 0 bridgehead atoms. The third-order valence-corrected chi connectivity index (χ3v) is 4.09. The maximum atomic E-state index is 3.54. The van der Waals surface area contributed by atoms with Crippen molar-refractivity contribution in [3.8, 4) is 0 Å². The van der Waals surface area contributed by atoms with Crippen molar-refractivity contribution in [1.82, 2.24) is 10.6 Å². The fourth-order valence-corrected chi connectivity index (χ4v) is 3.18. The van der Waals surface area contributed by atoms with Crippen LogP contribution in [0.5, 0.6) is 0 Å². The maximum Gasteiger partial charge on any atom is 0.00954 e. The molecule has 0 aromatic carbocycles. The van der Waals surface area contributed by atoms with Gasteiger partial charge in [-0.05, 0) is 57.7 Å². The molecule has 2 aliphatic rings. The summed E-state index contributed by atoms with van der Waals surface area (Å²) in [6, 6.07) is 0.794. The second kappa shape index (κ2) is 5.13. The quantitative estimate of drug-likeness (QED) is 0.716. The molecule has 82 valence electrons. The fraction of sp³-hybridized carbons (Fsp3) is 1.00. The van der Waals surface area contributed by atoms with Crippen molar-refractivity contribution in [2.75, 3.05) is 20.1 Å². The number of nitrogens with one attached hydrogen (secondary N) is 2. The molecule has 0 amide bonds. The van der Waals surface area contributed by atoms with Gasteiger partial charge in [0, 0.05) is 6.04 Å². The van der Waals surface area contributed by atoms with E-state index < -0.39 is 0 Å². The molecule has 1 aliphatic heterocycles. The fourth-order valence-electron chi connectivity index (χ4n) is 3.18. The lowest BCUT2D eigenvalue weighted by atomic mass is 9.89. The van der Waals surface area contributed by atoms with Crippen molar-refractivity contribution < 1.29 is 0 Å². The van der Waals surface area contributed by atoms with Gasteiger partial charge in [0.15, 0.2) is 0 Å². The van der Waals surface area contributed by atoms with Gasteiger partial charge in [-0.1, -0.05) is 12.8 Å². The van der Waals surface area contributed by atoms with Gasteiger partial charge >= 0.3 is 0 Å². The summed E-state index contributed by atoms with van der Waals surface area (Å²) >= 11 is 0. The molecule has 1 saturated carbocycles. The van der Waals surface area contributed by atoms with Crippen LogP contribution < -0.4 is 10.6 Å². The highest BCUT2D eigenvalue weighted by Gasteiger charge is 2.27. The molecule has 2 fully saturated rings. The summed E-state index contributed by atoms with van der Waals surface area (Å²) in [7, 11) is 2.14. The summed E-state index contributed by atoms with van der Waals surface area (Å²) in [6.45, 7) is 2.50. The van der Waals surface area contributed by atoms with Crippen LogP contribution in [0.4, 0.5) is 0 Å². The Morgan fingerprint density at radius 1 is 1.29 bits per heavy atom. The Bertz CT molecular complexity index is 158. The molecule has 2 heteroatoms. The molecule has 0 radical (unpaired) electrons. The monoisotopic (exact) mass is 196 g/mol. The largest absolute Gasteiger partial charge is 0.317 e. The van der Waals surface area contributed by atoms with Gasteiger partial charge in [-0.15, -0.1) is 0 Å². The van der Waals surface area contributed by atoms with Crippen LogP contribution in [0.1, 0.15) is 38.5 Å². The molecule has 2 atom stereocenters. The van der Waals surface area contributed by atoms with E-state index in [2.05, 4.69) is 17.7 Å². The van der Waals surface area contributed by atoms with Gasteiger partial charge in [-0.3, -0.25) is 0 Å². The van der Waals surface area contributed by atoms with E-state index in [-0.39, 0.29) is 0 Å². The Balaban J connectivity index is 1.79. The summed E-state index contributed by atoms with van der Waals surface area (Å²) in [5.74, 6) is 1.91. The first-order valence-electron chi connectivity index (χ1n) is 6.28. The lowest BCUT2D eigenvalue weighted by molar-refractivity contribution is 0.316. The van der Waals surface area contributed by atoms with Gasteiger partial charge in [0.05, 0.1) is 0 Å². The van der Waals surface area contributed by atoms with E-state index in [4.69, 9.17) is 0 Å². The van der Waals surface area contributed by atoms with Crippen LogP contribution in [0.25, 0.3) is 0 Å². The van der Waals surface area contributed by atoms with Crippen molar-refractivity contribution in [1.29, 1.82) is 0 Å². The number of hydrogen-bond acceptors (Lipinski definition) is 2. The molecule has 1 aliphatic carbocycles. The highest BCUT2D eigenvalue weighted by Crippen LogP contribution is 2.31. The van der Waals surface area contributed by atoms with E-state index in [9.17, 15) is 0 Å². The third kappa shape index (κ3) is 2.48. The lowest BCUT2D eigenvalue weighted by Crippen LogP contribution is -2.34. The van der Waals surface area contributed by atoms with E-state index in [1.807, 2.05) is 0 Å². The predicted molar refractivity (Wildman–Crippen MR) is 60.4 cm³/mol. The van der Waals surface area contributed by atoms with E-state index in [0.29, 0.717) is 0 Å². The number of hydrogen-bond donors (Lipinski definition) is 2. The molecule has 1 heterocycles. The molecule has 0 spiro atoms. The minimum absolute atomic E-state index is 0.794. The Kier molecular flexibility index (Phi) is 3.82. The zero-order valence-corrected chi connectivity index (χ0v) is 9.39. The van der Waals surface area contributed by atoms with Gasteiger partial charge in [0.25, 0.3) is 0 Å². The summed E-state index contributed by atoms with van der Waals surface area (Å²) in [4.78, 5) is 0. The zero-order valence-electron chi connectivity index (χ0n) is 9.39. The standard InChI is InChI=1S/C12H24N2/c1-13-12(11-4-2-3-5-11)8-10-6-7-14-9-10/h10-14H,2-9H2,1H3. The van der Waals surface area contributed by atoms with Crippen LogP contribution in [0.2, 0.25) is 0 Å². The van der Waals surface area contributed by atoms with E-state index in [1.54, 1.807) is 0 Å². The van der Waals surface area contributed by atoms with Crippen LogP contribution in [0.15, 0.2) is 0 Å². The van der Waals surface area contributed by atoms with Crippen LogP contribution in [0, 0.1) is 11.8 Å². The average Bonchev–Trinajstić information content (AvgIpc) is 2.86. The first-order chi connectivity index (χ1) is 6.90.